The van der Waals surface area contributed by atoms with E-state index in [2.05, 4.69) is 0 Å². The van der Waals surface area contributed by atoms with Crippen molar-refractivity contribution in [2.75, 3.05) is 0 Å². The van der Waals surface area contributed by atoms with Crippen LogP contribution in [-0.4, -0.2) is 16.8 Å². The summed E-state index contributed by atoms with van der Waals surface area (Å²) in [5.41, 5.74) is 0. The molecule has 0 unspecified atom stereocenters. The van der Waals surface area contributed by atoms with Crippen LogP contribution in [0.5, 0.6) is 0 Å². The Hall–Kier alpha value is 2.43. The zero-order chi connectivity index (χ0) is 3.58. The summed E-state index contributed by atoms with van der Waals surface area (Å²) in [6, 6.07) is 0. The standard InChI is InChI=1S/Au.3ClH.Sb.H/h;3*1H;;/q;;;;+3;/p-3. The molecule has 0 saturated heterocycles. The van der Waals surface area contributed by atoms with E-state index in [9.17, 15) is 0 Å². The van der Waals surface area contributed by atoms with Gasteiger partial charge in [0.2, 0.25) is 0 Å². The fraction of sp³-hybridized carbons (Fsp3) is 0. The summed E-state index contributed by atoms with van der Waals surface area (Å²) in [4.78, 5) is 0. The van der Waals surface area contributed by atoms with Crippen molar-refractivity contribution in [1.29, 1.82) is 0 Å². The Labute approximate surface area is 64.7 Å². The monoisotopic (exact) mass is 424 g/mol. The second kappa shape index (κ2) is 6.43. The molecule has 0 aromatic heterocycles. The zero-order valence-electron chi connectivity index (χ0n) is 1.94. The SMILES string of the molecule is [Au].[Cl][SbH]([Cl])[Cl]. The Bertz CT molecular complexity index is 11.6. The van der Waals surface area contributed by atoms with Gasteiger partial charge in [-0.1, -0.05) is 0 Å². The molecule has 0 rings (SSSR count). The third kappa shape index (κ3) is 21.4. The van der Waals surface area contributed by atoms with Crippen LogP contribution < -0.4 is 0 Å². The summed E-state index contributed by atoms with van der Waals surface area (Å²) < 4.78 is 0. The van der Waals surface area contributed by atoms with Crippen molar-refractivity contribution >= 4 is 43.3 Å². The Balaban J connectivity index is 0. The van der Waals surface area contributed by atoms with Gasteiger partial charge in [0.05, 0.1) is 0 Å². The normalized spacial score (nSPS) is 7.20. The van der Waals surface area contributed by atoms with E-state index < -0.39 is 16.8 Å². The molecule has 0 amide bonds. The molecule has 5 heteroatoms. The Morgan fingerprint density at radius 3 is 1.00 bits per heavy atom. The predicted octanol–water partition coefficient (Wildman–Crippen LogP) is 1.42. The molecule has 0 aliphatic carbocycles. The van der Waals surface area contributed by atoms with Gasteiger partial charge in [-0.3, -0.25) is 0 Å². The van der Waals surface area contributed by atoms with Crippen molar-refractivity contribution in [3.8, 4) is 0 Å². The molecule has 0 nitrogen and oxygen atoms in total. The average molecular weight is 426 g/mol. The van der Waals surface area contributed by atoms with E-state index in [0.717, 1.165) is 0 Å². The molecule has 0 aliphatic rings. The van der Waals surface area contributed by atoms with Crippen LogP contribution in [0.15, 0.2) is 0 Å². The fourth-order valence-electron chi connectivity index (χ4n) is 0. The van der Waals surface area contributed by atoms with E-state index in [4.69, 9.17) is 26.5 Å². The average Bonchev–Trinajstić information content (AvgIpc) is 0.811. The summed E-state index contributed by atoms with van der Waals surface area (Å²) in [6.45, 7) is 0. The second-order valence-electron chi connectivity index (χ2n) is 0.214. The fourth-order valence-corrected chi connectivity index (χ4v) is 0. The number of rotatable bonds is 0. The van der Waals surface area contributed by atoms with E-state index in [1.165, 1.54) is 0 Å². The van der Waals surface area contributed by atoms with Gasteiger partial charge in [-0.2, -0.15) is 0 Å². The molecule has 0 aromatic carbocycles. The van der Waals surface area contributed by atoms with Crippen LogP contribution >= 0.6 is 26.5 Å². The van der Waals surface area contributed by atoms with Gasteiger partial charge >= 0.3 is 43.3 Å². The van der Waals surface area contributed by atoms with Gasteiger partial charge in [0.1, 0.15) is 0 Å². The molecular formula is HAuCl3Sb. The molecule has 0 fully saturated rings. The summed E-state index contributed by atoms with van der Waals surface area (Å²) in [5, 5.41) is 0. The van der Waals surface area contributed by atoms with Crippen molar-refractivity contribution in [2.45, 2.75) is 0 Å². The van der Waals surface area contributed by atoms with Crippen molar-refractivity contribution in [1.82, 2.24) is 0 Å². The van der Waals surface area contributed by atoms with Crippen LogP contribution in [0.25, 0.3) is 0 Å². The topological polar surface area (TPSA) is 0 Å². The molecule has 0 saturated carbocycles. The quantitative estimate of drug-likeness (QED) is 0.515. The first kappa shape index (κ1) is 10.4. The maximum atomic E-state index is 5.00. The van der Waals surface area contributed by atoms with Crippen molar-refractivity contribution in [3.63, 3.8) is 0 Å². The number of hydrogen-bond donors (Lipinski definition) is 0. The molecule has 5 heavy (non-hydrogen) atoms. The van der Waals surface area contributed by atoms with Crippen LogP contribution in [0, 0.1) is 0 Å². The van der Waals surface area contributed by atoms with Gasteiger partial charge in [-0.25, -0.2) is 0 Å². The molecular weight excluding hydrogens is 425 g/mol. The van der Waals surface area contributed by atoms with Crippen molar-refractivity contribution < 1.29 is 22.4 Å². The Kier molecular flexibility index (Phi) is 13.4. The van der Waals surface area contributed by atoms with Crippen LogP contribution in [0.4, 0.5) is 0 Å². The molecule has 2 radical (unpaired) electrons. The molecule has 0 aromatic rings. The zero-order valence-corrected chi connectivity index (χ0v) is 9.22. The first-order valence-electron chi connectivity index (χ1n) is 0.567. The van der Waals surface area contributed by atoms with Gasteiger partial charge in [0, 0.05) is 22.4 Å². The first-order chi connectivity index (χ1) is 1.73. The summed E-state index contributed by atoms with van der Waals surface area (Å²) in [6.07, 6.45) is 0. The van der Waals surface area contributed by atoms with Gasteiger partial charge in [0.25, 0.3) is 0 Å². The first-order valence-corrected chi connectivity index (χ1v) is 11.4. The molecule has 0 N–H and O–H groups in total. The minimum atomic E-state index is -2.13. The summed E-state index contributed by atoms with van der Waals surface area (Å²) >= 11 is -2.13. The molecule has 0 heterocycles. The minimum absolute atomic E-state index is 0. The summed E-state index contributed by atoms with van der Waals surface area (Å²) in [7, 11) is 15.0. The van der Waals surface area contributed by atoms with E-state index in [-0.39, 0.29) is 22.4 Å². The molecule has 0 bridgehead atoms. The Morgan fingerprint density at radius 2 is 1.00 bits per heavy atom. The molecule has 0 spiro atoms. The van der Waals surface area contributed by atoms with Crippen LogP contribution in [0.2, 0.25) is 0 Å². The van der Waals surface area contributed by atoms with E-state index in [0.29, 0.717) is 0 Å². The third-order valence-electron chi connectivity index (χ3n) is 0. The maximum absolute atomic E-state index is 5.00. The van der Waals surface area contributed by atoms with Crippen LogP contribution in [0.3, 0.4) is 0 Å². The number of hydrogen-bond acceptors (Lipinski definition) is 0. The Morgan fingerprint density at radius 1 is 1.00 bits per heavy atom. The van der Waals surface area contributed by atoms with Gasteiger partial charge in [-0.05, 0) is 0 Å². The van der Waals surface area contributed by atoms with Gasteiger partial charge in [-0.15, -0.1) is 0 Å². The third-order valence-corrected chi connectivity index (χ3v) is 0. The van der Waals surface area contributed by atoms with E-state index in [1.807, 2.05) is 0 Å². The molecule has 38 valence electrons. The predicted molar refractivity (Wildman–Crippen MR) is 24.7 cm³/mol. The van der Waals surface area contributed by atoms with E-state index in [1.54, 1.807) is 0 Å². The second-order valence-corrected chi connectivity index (χ2v) is 12.9. The van der Waals surface area contributed by atoms with E-state index >= 15 is 0 Å². The number of halogens is 3. The van der Waals surface area contributed by atoms with Crippen molar-refractivity contribution in [2.24, 2.45) is 0 Å². The van der Waals surface area contributed by atoms with Gasteiger partial charge in [0.15, 0.2) is 0 Å². The summed E-state index contributed by atoms with van der Waals surface area (Å²) in [5.74, 6) is 0. The molecule has 0 atom stereocenters. The van der Waals surface area contributed by atoms with Crippen molar-refractivity contribution in [3.05, 3.63) is 0 Å². The van der Waals surface area contributed by atoms with Crippen LogP contribution in [0.1, 0.15) is 0 Å². The van der Waals surface area contributed by atoms with Crippen LogP contribution in [-0.2, 0) is 22.4 Å². The van der Waals surface area contributed by atoms with Gasteiger partial charge < -0.3 is 0 Å². The molecule has 0 aliphatic heterocycles.